The molecule has 13 aromatic carbocycles. The molecule has 2 heterocycles. The zero-order valence-corrected chi connectivity index (χ0v) is 44.3. The number of rotatable bonds is 10. The molecular weight excluding hydrogens is 973 g/mol. The number of benzene rings is 13. The highest BCUT2D eigenvalue weighted by Crippen LogP contribution is 2.48. The smallest absolute Gasteiger partial charge is 0.147 e. The van der Waals surface area contributed by atoms with Gasteiger partial charge in [0.05, 0.1) is 16.8 Å². The minimum Gasteiger partial charge on any atom is -0.456 e. The number of furan rings is 2. The van der Waals surface area contributed by atoms with E-state index in [-0.39, 0.29) is 0 Å². The van der Waals surface area contributed by atoms with Crippen molar-refractivity contribution in [3.8, 4) is 44.5 Å². The number of anilines is 6. The normalized spacial score (nSPS) is 11.6. The van der Waals surface area contributed by atoms with Crippen LogP contribution in [0.1, 0.15) is 11.1 Å². The highest BCUT2D eigenvalue weighted by molar-refractivity contribution is 6.24. The Labute approximate surface area is 464 Å². The van der Waals surface area contributed by atoms with E-state index in [9.17, 15) is 0 Å². The van der Waals surface area contributed by atoms with Gasteiger partial charge in [-0.25, -0.2) is 0 Å². The first-order chi connectivity index (χ1) is 39.5. The number of para-hydroxylation sites is 2. The fourth-order valence-corrected chi connectivity index (χ4v) is 12.1. The second-order valence-corrected chi connectivity index (χ2v) is 21.0. The minimum absolute atomic E-state index is 0.794. The lowest BCUT2D eigenvalue weighted by molar-refractivity contribution is 0.663. The summed E-state index contributed by atoms with van der Waals surface area (Å²) in [7, 11) is 0. The topological polar surface area (TPSA) is 32.8 Å². The fourth-order valence-electron chi connectivity index (χ4n) is 12.1. The molecule has 0 saturated heterocycles. The van der Waals surface area contributed by atoms with Gasteiger partial charge in [-0.15, -0.1) is 0 Å². The van der Waals surface area contributed by atoms with E-state index >= 15 is 0 Å². The van der Waals surface area contributed by atoms with Crippen molar-refractivity contribution < 1.29 is 8.83 Å². The van der Waals surface area contributed by atoms with Gasteiger partial charge >= 0.3 is 0 Å². The summed E-state index contributed by atoms with van der Waals surface area (Å²) >= 11 is 0. The maximum Gasteiger partial charge on any atom is 0.147 e. The quantitative estimate of drug-likeness (QED) is 0.137. The van der Waals surface area contributed by atoms with Crippen LogP contribution in [0.4, 0.5) is 34.1 Å². The van der Waals surface area contributed by atoms with E-state index in [1.54, 1.807) is 0 Å². The third-order valence-electron chi connectivity index (χ3n) is 16.0. The first-order valence-electron chi connectivity index (χ1n) is 27.4. The average molecular weight is 1030 g/mol. The molecule has 0 bridgehead atoms. The Bertz CT molecular complexity index is 4850. The maximum absolute atomic E-state index is 7.04. The van der Waals surface area contributed by atoms with Gasteiger partial charge in [-0.1, -0.05) is 182 Å². The van der Waals surface area contributed by atoms with Gasteiger partial charge in [-0.05, 0) is 177 Å². The predicted molar refractivity (Wildman–Crippen MR) is 337 cm³/mol. The fraction of sp³-hybridized carbons (Fsp3) is 0.0263. The van der Waals surface area contributed by atoms with Crippen LogP contribution < -0.4 is 9.80 Å². The number of fused-ring (bicyclic) bond motifs is 9. The summed E-state index contributed by atoms with van der Waals surface area (Å²) in [6.45, 7) is 4.38. The summed E-state index contributed by atoms with van der Waals surface area (Å²) in [4.78, 5) is 4.82. The van der Waals surface area contributed by atoms with Gasteiger partial charge in [0.1, 0.15) is 22.3 Å². The van der Waals surface area contributed by atoms with Crippen LogP contribution in [0.15, 0.2) is 288 Å². The summed E-state index contributed by atoms with van der Waals surface area (Å²) in [5.41, 5.74) is 21.5. The Morgan fingerprint density at radius 2 is 0.700 bits per heavy atom. The van der Waals surface area contributed by atoms with Crippen molar-refractivity contribution in [1.29, 1.82) is 0 Å². The van der Waals surface area contributed by atoms with Crippen LogP contribution in [0.2, 0.25) is 0 Å². The summed E-state index contributed by atoms with van der Waals surface area (Å²) in [5, 5.41) is 8.57. The second kappa shape index (κ2) is 19.2. The van der Waals surface area contributed by atoms with Crippen molar-refractivity contribution in [2.45, 2.75) is 13.8 Å². The van der Waals surface area contributed by atoms with E-state index < -0.39 is 0 Å². The lowest BCUT2D eigenvalue weighted by atomic mass is 9.95. The summed E-state index contributed by atoms with van der Waals surface area (Å²) in [6, 6.07) is 101. The van der Waals surface area contributed by atoms with Gasteiger partial charge in [0.15, 0.2) is 0 Å². The minimum atomic E-state index is 0.794. The van der Waals surface area contributed by atoms with Crippen LogP contribution in [0.5, 0.6) is 0 Å². The summed E-state index contributed by atoms with van der Waals surface area (Å²) < 4.78 is 13.8. The van der Waals surface area contributed by atoms with E-state index in [4.69, 9.17) is 8.83 Å². The molecule has 0 saturated carbocycles. The summed E-state index contributed by atoms with van der Waals surface area (Å²) in [6.07, 6.45) is 0. The highest BCUT2D eigenvalue weighted by atomic mass is 16.3. The molecule has 0 amide bonds. The van der Waals surface area contributed by atoms with Crippen molar-refractivity contribution in [1.82, 2.24) is 0 Å². The first kappa shape index (κ1) is 46.8. The Kier molecular flexibility index (Phi) is 11.3. The number of nitrogens with zero attached hydrogens (tertiary/aromatic N) is 2. The zero-order chi connectivity index (χ0) is 53.3. The molecule has 378 valence electrons. The van der Waals surface area contributed by atoms with Crippen molar-refractivity contribution in [3.05, 3.63) is 290 Å². The van der Waals surface area contributed by atoms with Gasteiger partial charge in [-0.2, -0.15) is 0 Å². The van der Waals surface area contributed by atoms with Crippen LogP contribution in [-0.4, -0.2) is 0 Å². The van der Waals surface area contributed by atoms with Crippen LogP contribution in [-0.2, 0) is 0 Å². The molecule has 0 radical (unpaired) electrons. The molecule has 4 heteroatoms. The van der Waals surface area contributed by atoms with Gasteiger partial charge in [0.2, 0.25) is 0 Å². The molecule has 4 nitrogen and oxygen atoms in total. The van der Waals surface area contributed by atoms with Gasteiger partial charge < -0.3 is 18.6 Å². The molecule has 0 N–H and O–H groups in total. The van der Waals surface area contributed by atoms with Crippen molar-refractivity contribution in [3.63, 3.8) is 0 Å². The molecule has 15 aromatic rings. The third-order valence-corrected chi connectivity index (χ3v) is 16.0. The third kappa shape index (κ3) is 8.08. The van der Waals surface area contributed by atoms with Gasteiger partial charge in [-0.3, -0.25) is 0 Å². The predicted octanol–water partition coefficient (Wildman–Crippen LogP) is 22.0. The standard InChI is InChI=1S/C76H52N2O2/c1-49-19-15-17-29-68(49)77(70-38-33-55(51-21-7-3-8-22-51)43-64(70)53-25-11-5-12-26-53)61-35-31-57-45-66-63-37-40-72-75(76(63)80-73(66)47-59(57)41-61)67-46-58-32-36-62(42-60(58)48-74(67)79-72)78(69-30-18-16-20-50(69)2)71-39-34-56(52-23-9-4-10-24-52)44-65(71)54-27-13-6-14-28-54/h3-48H,1-2H3. The zero-order valence-electron chi connectivity index (χ0n) is 44.3. The van der Waals surface area contributed by atoms with E-state index in [0.29, 0.717) is 0 Å². The van der Waals surface area contributed by atoms with Crippen LogP contribution in [0, 0.1) is 13.8 Å². The van der Waals surface area contributed by atoms with Crippen LogP contribution in [0.3, 0.4) is 0 Å². The number of aryl methyl sites for hydroxylation is 2. The Hall–Kier alpha value is -10.4. The Morgan fingerprint density at radius 3 is 1.19 bits per heavy atom. The molecule has 0 aliphatic rings. The largest absolute Gasteiger partial charge is 0.456 e. The molecule has 15 rings (SSSR count). The van der Waals surface area contributed by atoms with E-state index in [0.717, 1.165) is 122 Å². The molecule has 0 atom stereocenters. The molecule has 80 heavy (non-hydrogen) atoms. The Morgan fingerprint density at radius 1 is 0.263 bits per heavy atom. The second-order valence-electron chi connectivity index (χ2n) is 21.0. The molecule has 0 aliphatic heterocycles. The molecule has 0 aliphatic carbocycles. The monoisotopic (exact) mass is 1020 g/mol. The first-order valence-corrected chi connectivity index (χ1v) is 27.4. The highest BCUT2D eigenvalue weighted by Gasteiger charge is 2.24. The van der Waals surface area contributed by atoms with Crippen LogP contribution in [0.25, 0.3) is 110 Å². The number of hydrogen-bond donors (Lipinski definition) is 0. The molecular formula is C76H52N2O2. The summed E-state index contributed by atoms with van der Waals surface area (Å²) in [5.74, 6) is 0. The van der Waals surface area contributed by atoms with Gasteiger partial charge in [0, 0.05) is 50.0 Å². The molecule has 0 fully saturated rings. The average Bonchev–Trinajstić information content (AvgIpc) is 4.29. The lowest BCUT2D eigenvalue weighted by Gasteiger charge is -2.30. The van der Waals surface area contributed by atoms with Crippen molar-refractivity contribution in [2.75, 3.05) is 9.80 Å². The molecule has 2 aromatic heterocycles. The van der Waals surface area contributed by atoms with Crippen molar-refractivity contribution >= 4 is 99.5 Å². The van der Waals surface area contributed by atoms with E-state index in [2.05, 4.69) is 303 Å². The Balaban J connectivity index is 0.850. The van der Waals surface area contributed by atoms with E-state index in [1.807, 2.05) is 0 Å². The number of hydrogen-bond acceptors (Lipinski definition) is 4. The van der Waals surface area contributed by atoms with Crippen molar-refractivity contribution in [2.24, 2.45) is 0 Å². The van der Waals surface area contributed by atoms with Crippen LogP contribution >= 0.6 is 0 Å². The van der Waals surface area contributed by atoms with E-state index in [1.165, 1.54) is 33.4 Å². The SMILES string of the molecule is Cc1ccccc1N(c1ccc2cc3c(cc2c1)oc1c3ccc2oc3cc4cc(N(c5ccccc5C)c5ccc(-c6ccccc6)cc5-c5ccccc5)ccc4cc3c21)c1ccc(-c2ccccc2)cc1-c1ccccc1. The lowest BCUT2D eigenvalue weighted by Crippen LogP contribution is -2.12. The maximum atomic E-state index is 7.04. The van der Waals surface area contributed by atoms with Gasteiger partial charge in [0.25, 0.3) is 0 Å². The molecule has 0 unspecified atom stereocenters. The molecule has 0 spiro atoms.